The van der Waals surface area contributed by atoms with Crippen LogP contribution in [0.25, 0.3) is 10.8 Å². The van der Waals surface area contributed by atoms with Crippen molar-refractivity contribution in [2.75, 3.05) is 0 Å². The van der Waals surface area contributed by atoms with Gasteiger partial charge >= 0.3 is 0 Å². The van der Waals surface area contributed by atoms with Crippen LogP contribution in [0, 0.1) is 30.2 Å². The van der Waals surface area contributed by atoms with E-state index in [1.165, 1.54) is 24.3 Å². The van der Waals surface area contributed by atoms with Gasteiger partial charge in [-0.2, -0.15) is 0 Å². The van der Waals surface area contributed by atoms with Gasteiger partial charge in [-0.15, -0.1) is 0 Å². The molecule has 1 aliphatic carbocycles. The Kier molecular flexibility index (Phi) is 4.67. The monoisotopic (exact) mass is 372 g/mol. The normalized spacial score (nSPS) is 20.2. The molecule has 3 aromatic carbocycles. The Morgan fingerprint density at radius 3 is 1.81 bits per heavy atom. The Hall–Kier alpha value is -2.36. The highest BCUT2D eigenvalue weighted by atomic mass is 19.2. The maximum atomic E-state index is 14.3. The molecule has 1 saturated carbocycles. The number of halogens is 4. The minimum atomic E-state index is -0.853. The Labute approximate surface area is 155 Å². The van der Waals surface area contributed by atoms with Crippen molar-refractivity contribution >= 4 is 10.8 Å². The number of rotatable bonds is 2. The standard InChI is InChI=1S/C23H20F4/c1-13-8-21(26)23(22(27)9-13)15-4-2-14(3-5-15)16-6-7-17-11-19(24)20(25)12-18(17)10-16/h6-12,14-15H,2-5H2,1H3. The van der Waals surface area contributed by atoms with Crippen LogP contribution in [0.4, 0.5) is 17.6 Å². The van der Waals surface area contributed by atoms with E-state index in [9.17, 15) is 17.6 Å². The molecule has 0 aliphatic heterocycles. The fourth-order valence-corrected chi connectivity index (χ4v) is 4.33. The summed E-state index contributed by atoms with van der Waals surface area (Å²) in [5.74, 6) is -2.48. The predicted octanol–water partition coefficient (Wildman–Crippen LogP) is 7.15. The highest BCUT2D eigenvalue weighted by Gasteiger charge is 2.27. The molecule has 0 nitrogen and oxygen atoms in total. The first-order chi connectivity index (χ1) is 12.9. The van der Waals surface area contributed by atoms with Crippen molar-refractivity contribution in [3.63, 3.8) is 0 Å². The van der Waals surface area contributed by atoms with Crippen molar-refractivity contribution in [2.45, 2.75) is 44.4 Å². The second kappa shape index (κ2) is 6.99. The summed E-state index contributed by atoms with van der Waals surface area (Å²) in [7, 11) is 0. The summed E-state index contributed by atoms with van der Waals surface area (Å²) in [6.45, 7) is 1.68. The van der Waals surface area contributed by atoms with Crippen molar-refractivity contribution in [2.24, 2.45) is 0 Å². The molecule has 0 N–H and O–H groups in total. The van der Waals surface area contributed by atoms with Gasteiger partial charge in [0.25, 0.3) is 0 Å². The van der Waals surface area contributed by atoms with Crippen LogP contribution >= 0.6 is 0 Å². The Morgan fingerprint density at radius 2 is 1.19 bits per heavy atom. The third-order valence-corrected chi connectivity index (χ3v) is 5.73. The van der Waals surface area contributed by atoms with E-state index in [1.54, 1.807) is 13.0 Å². The summed E-state index contributed by atoms with van der Waals surface area (Å²) in [4.78, 5) is 0. The predicted molar refractivity (Wildman–Crippen MR) is 98.9 cm³/mol. The summed E-state index contributed by atoms with van der Waals surface area (Å²) in [5.41, 5.74) is 1.86. The Bertz CT molecular complexity index is 978. The van der Waals surface area contributed by atoms with Crippen molar-refractivity contribution in [1.29, 1.82) is 0 Å². The molecule has 3 aromatic rings. The van der Waals surface area contributed by atoms with Gasteiger partial charge in [0.1, 0.15) is 11.6 Å². The molecule has 0 amide bonds. The van der Waals surface area contributed by atoms with Crippen molar-refractivity contribution < 1.29 is 17.6 Å². The van der Waals surface area contributed by atoms with E-state index in [-0.39, 0.29) is 17.4 Å². The first-order valence-corrected chi connectivity index (χ1v) is 9.26. The average Bonchev–Trinajstić information content (AvgIpc) is 2.62. The highest BCUT2D eigenvalue weighted by molar-refractivity contribution is 5.83. The second-order valence-corrected chi connectivity index (χ2v) is 7.56. The molecule has 4 rings (SSSR count). The van der Waals surface area contributed by atoms with Crippen LogP contribution < -0.4 is 0 Å². The SMILES string of the molecule is Cc1cc(F)c(C2CCC(c3ccc4cc(F)c(F)cc4c3)CC2)c(F)c1. The fraction of sp³-hybridized carbons (Fsp3) is 0.304. The van der Waals surface area contributed by atoms with Crippen molar-refractivity contribution in [3.05, 3.63) is 82.4 Å². The number of aryl methyl sites for hydroxylation is 1. The van der Waals surface area contributed by atoms with Crippen molar-refractivity contribution in [1.82, 2.24) is 0 Å². The zero-order chi connectivity index (χ0) is 19.1. The minimum Gasteiger partial charge on any atom is -0.207 e. The molecule has 0 aromatic heterocycles. The minimum absolute atomic E-state index is 0.117. The van der Waals surface area contributed by atoms with Gasteiger partial charge < -0.3 is 0 Å². The van der Waals surface area contributed by atoms with Gasteiger partial charge in [-0.25, -0.2) is 17.6 Å². The van der Waals surface area contributed by atoms with Crippen LogP contribution in [0.3, 0.4) is 0 Å². The maximum Gasteiger partial charge on any atom is 0.159 e. The van der Waals surface area contributed by atoms with Gasteiger partial charge in [-0.3, -0.25) is 0 Å². The Morgan fingerprint density at radius 1 is 0.630 bits per heavy atom. The third kappa shape index (κ3) is 3.45. The first-order valence-electron chi connectivity index (χ1n) is 9.26. The molecule has 140 valence electrons. The number of hydrogen-bond donors (Lipinski definition) is 0. The van der Waals surface area contributed by atoms with Crippen LogP contribution in [0.2, 0.25) is 0 Å². The van der Waals surface area contributed by atoms with Crippen LogP contribution in [0.15, 0.2) is 42.5 Å². The smallest absolute Gasteiger partial charge is 0.159 e. The Balaban J connectivity index is 1.54. The molecular weight excluding hydrogens is 352 g/mol. The lowest BCUT2D eigenvalue weighted by Gasteiger charge is -2.29. The molecular formula is C23H20F4. The maximum absolute atomic E-state index is 14.3. The van der Waals surface area contributed by atoms with Crippen LogP contribution in [0.1, 0.15) is 54.2 Å². The topological polar surface area (TPSA) is 0 Å². The molecule has 0 radical (unpaired) electrons. The van der Waals surface area contributed by atoms with Gasteiger partial charge in [0, 0.05) is 5.56 Å². The summed E-state index contributed by atoms with van der Waals surface area (Å²) in [6.07, 6.45) is 3.04. The number of hydrogen-bond acceptors (Lipinski definition) is 0. The van der Waals surface area contributed by atoms with Crippen molar-refractivity contribution in [3.8, 4) is 0 Å². The molecule has 4 heteroatoms. The molecule has 1 fully saturated rings. The molecule has 0 heterocycles. The van der Waals surface area contributed by atoms with E-state index in [0.717, 1.165) is 18.4 Å². The molecule has 0 saturated heterocycles. The number of fused-ring (bicyclic) bond motifs is 1. The molecule has 0 spiro atoms. The highest BCUT2D eigenvalue weighted by Crippen LogP contribution is 2.42. The average molecular weight is 372 g/mol. The van der Waals surface area contributed by atoms with Gasteiger partial charge in [0.2, 0.25) is 0 Å². The molecule has 0 unspecified atom stereocenters. The van der Waals surface area contributed by atoms with E-state index in [0.29, 0.717) is 29.2 Å². The summed E-state index contributed by atoms with van der Waals surface area (Å²) < 4.78 is 55.4. The van der Waals surface area contributed by atoms with E-state index in [4.69, 9.17) is 0 Å². The first kappa shape index (κ1) is 18.0. The van der Waals surface area contributed by atoms with Gasteiger partial charge in [-0.1, -0.05) is 18.2 Å². The lowest BCUT2D eigenvalue weighted by molar-refractivity contribution is 0.376. The summed E-state index contributed by atoms with van der Waals surface area (Å²) >= 11 is 0. The molecule has 27 heavy (non-hydrogen) atoms. The summed E-state index contributed by atoms with van der Waals surface area (Å²) in [5, 5.41) is 1.33. The zero-order valence-electron chi connectivity index (χ0n) is 15.0. The second-order valence-electron chi connectivity index (χ2n) is 7.56. The lowest BCUT2D eigenvalue weighted by Crippen LogP contribution is -2.14. The summed E-state index contributed by atoms with van der Waals surface area (Å²) in [6, 6.07) is 10.8. The third-order valence-electron chi connectivity index (χ3n) is 5.73. The van der Waals surface area contributed by atoms with E-state index in [2.05, 4.69) is 0 Å². The van der Waals surface area contributed by atoms with E-state index < -0.39 is 23.3 Å². The molecule has 0 atom stereocenters. The number of benzene rings is 3. The van der Waals surface area contributed by atoms with E-state index in [1.807, 2.05) is 12.1 Å². The van der Waals surface area contributed by atoms with Gasteiger partial charge in [0.15, 0.2) is 11.6 Å². The van der Waals surface area contributed by atoms with Crippen LogP contribution in [-0.2, 0) is 0 Å². The molecule has 0 bridgehead atoms. The van der Waals surface area contributed by atoms with Gasteiger partial charge in [0.05, 0.1) is 0 Å². The van der Waals surface area contributed by atoms with E-state index >= 15 is 0 Å². The van der Waals surface area contributed by atoms with Gasteiger partial charge in [-0.05, 0) is 90.6 Å². The fourth-order valence-electron chi connectivity index (χ4n) is 4.33. The molecule has 1 aliphatic rings. The van der Waals surface area contributed by atoms with Crippen LogP contribution in [0.5, 0.6) is 0 Å². The quantitative estimate of drug-likeness (QED) is 0.419. The largest absolute Gasteiger partial charge is 0.207 e. The lowest BCUT2D eigenvalue weighted by atomic mass is 9.75. The zero-order valence-corrected chi connectivity index (χ0v) is 15.0. The van der Waals surface area contributed by atoms with Crippen LogP contribution in [-0.4, -0.2) is 0 Å².